The topological polar surface area (TPSA) is 110 Å². The van der Waals surface area contributed by atoms with Gasteiger partial charge in [0.1, 0.15) is 5.69 Å². The Labute approximate surface area is 170 Å². The molecule has 0 spiro atoms. The highest BCUT2D eigenvalue weighted by Crippen LogP contribution is 2.31. The number of anilines is 2. The second-order valence-corrected chi connectivity index (χ2v) is 6.72. The number of carbonyl (C=O) groups is 3. The number of amides is 3. The SMILES string of the molecule is Cc1ccccc1N1C(=O)c2ccc(C(=O)Nc3ccccc3[N+](=O)[O-])cc2C1=O. The van der Waals surface area contributed by atoms with Crippen molar-refractivity contribution in [3.8, 4) is 0 Å². The first-order chi connectivity index (χ1) is 14.4. The van der Waals surface area contributed by atoms with E-state index in [1.807, 2.05) is 6.07 Å². The molecule has 0 atom stereocenters. The standard InChI is InChI=1S/C22H15N3O5/c1-13-6-2-4-8-18(13)24-21(27)15-11-10-14(12-16(15)22(24)28)20(26)23-17-7-3-5-9-19(17)25(29)30/h2-12H,1H3,(H,23,26). The maximum Gasteiger partial charge on any atom is 0.292 e. The molecule has 1 aliphatic rings. The molecule has 0 aromatic heterocycles. The molecule has 3 aromatic carbocycles. The van der Waals surface area contributed by atoms with E-state index >= 15 is 0 Å². The lowest BCUT2D eigenvalue weighted by atomic mass is 10.1. The molecule has 0 radical (unpaired) electrons. The first-order valence-electron chi connectivity index (χ1n) is 9.01. The van der Waals surface area contributed by atoms with E-state index in [0.717, 1.165) is 10.5 Å². The molecule has 0 fully saturated rings. The molecular formula is C22H15N3O5. The lowest BCUT2D eigenvalue weighted by molar-refractivity contribution is -0.383. The molecule has 1 heterocycles. The summed E-state index contributed by atoms with van der Waals surface area (Å²) in [5.74, 6) is -1.61. The first-order valence-corrected chi connectivity index (χ1v) is 9.01. The molecular weight excluding hydrogens is 386 g/mol. The van der Waals surface area contributed by atoms with E-state index in [0.29, 0.717) is 5.69 Å². The number of carbonyl (C=O) groups excluding carboxylic acids is 3. The summed E-state index contributed by atoms with van der Waals surface area (Å²) in [4.78, 5) is 50.0. The monoisotopic (exact) mass is 401 g/mol. The van der Waals surface area contributed by atoms with Gasteiger partial charge >= 0.3 is 0 Å². The van der Waals surface area contributed by atoms with E-state index < -0.39 is 22.6 Å². The highest BCUT2D eigenvalue weighted by Gasteiger charge is 2.37. The lowest BCUT2D eigenvalue weighted by Gasteiger charge is -2.16. The summed E-state index contributed by atoms with van der Waals surface area (Å²) in [7, 11) is 0. The van der Waals surface area contributed by atoms with Crippen LogP contribution in [-0.2, 0) is 0 Å². The van der Waals surface area contributed by atoms with Gasteiger partial charge in [-0.2, -0.15) is 0 Å². The highest BCUT2D eigenvalue weighted by molar-refractivity contribution is 6.35. The van der Waals surface area contributed by atoms with Crippen LogP contribution in [0.1, 0.15) is 36.6 Å². The van der Waals surface area contributed by atoms with Gasteiger partial charge in [-0.1, -0.05) is 30.3 Å². The largest absolute Gasteiger partial charge is 0.316 e. The fourth-order valence-electron chi connectivity index (χ4n) is 3.35. The molecule has 0 bridgehead atoms. The van der Waals surface area contributed by atoms with E-state index in [2.05, 4.69) is 5.32 Å². The van der Waals surface area contributed by atoms with Gasteiger partial charge in [0.2, 0.25) is 0 Å². The number of rotatable bonds is 4. The fraction of sp³-hybridized carbons (Fsp3) is 0.0455. The summed E-state index contributed by atoms with van der Waals surface area (Å²) in [6, 6.07) is 16.9. The smallest absolute Gasteiger partial charge is 0.292 e. The quantitative estimate of drug-likeness (QED) is 0.404. The zero-order valence-electron chi connectivity index (χ0n) is 15.8. The minimum Gasteiger partial charge on any atom is -0.316 e. The molecule has 0 saturated carbocycles. The number of aryl methyl sites for hydroxylation is 1. The van der Waals surface area contributed by atoms with Gasteiger partial charge < -0.3 is 5.32 Å². The molecule has 30 heavy (non-hydrogen) atoms. The summed E-state index contributed by atoms with van der Waals surface area (Å²) >= 11 is 0. The maximum atomic E-state index is 12.9. The minimum absolute atomic E-state index is 0.0388. The fourth-order valence-corrected chi connectivity index (χ4v) is 3.35. The lowest BCUT2D eigenvalue weighted by Crippen LogP contribution is -2.29. The summed E-state index contributed by atoms with van der Waals surface area (Å²) in [5, 5.41) is 13.6. The van der Waals surface area contributed by atoms with Gasteiger partial charge in [0.05, 0.1) is 21.7 Å². The van der Waals surface area contributed by atoms with Gasteiger partial charge in [-0.15, -0.1) is 0 Å². The predicted molar refractivity (Wildman–Crippen MR) is 110 cm³/mol. The van der Waals surface area contributed by atoms with Crippen molar-refractivity contribution in [2.45, 2.75) is 6.92 Å². The van der Waals surface area contributed by atoms with Crippen molar-refractivity contribution in [2.75, 3.05) is 10.2 Å². The summed E-state index contributed by atoms with van der Waals surface area (Å²) in [6.07, 6.45) is 0. The Morgan fingerprint density at radius 2 is 1.60 bits per heavy atom. The Balaban J connectivity index is 1.66. The molecule has 0 aliphatic carbocycles. The van der Waals surface area contributed by atoms with E-state index in [9.17, 15) is 24.5 Å². The number of para-hydroxylation sites is 3. The van der Waals surface area contributed by atoms with Crippen LogP contribution in [0.5, 0.6) is 0 Å². The molecule has 4 rings (SSSR count). The molecule has 0 unspecified atom stereocenters. The molecule has 3 amide bonds. The molecule has 1 aliphatic heterocycles. The summed E-state index contributed by atoms with van der Waals surface area (Å²) in [5.41, 5.74) is 1.46. The third-order valence-electron chi connectivity index (χ3n) is 4.85. The second-order valence-electron chi connectivity index (χ2n) is 6.72. The van der Waals surface area contributed by atoms with Crippen molar-refractivity contribution in [3.63, 3.8) is 0 Å². The molecule has 3 aromatic rings. The van der Waals surface area contributed by atoms with Crippen LogP contribution >= 0.6 is 0 Å². The number of fused-ring (bicyclic) bond motifs is 1. The number of nitrogens with zero attached hydrogens (tertiary/aromatic N) is 2. The Morgan fingerprint density at radius 3 is 2.33 bits per heavy atom. The van der Waals surface area contributed by atoms with Crippen molar-refractivity contribution in [3.05, 3.63) is 99.1 Å². The number of nitrogens with one attached hydrogen (secondary N) is 1. The second kappa shape index (κ2) is 7.25. The van der Waals surface area contributed by atoms with Crippen LogP contribution in [0.25, 0.3) is 0 Å². The van der Waals surface area contributed by atoms with Gasteiger partial charge in [0.25, 0.3) is 23.4 Å². The Kier molecular flexibility index (Phi) is 4.59. The minimum atomic E-state index is -0.623. The van der Waals surface area contributed by atoms with Crippen LogP contribution in [0.15, 0.2) is 66.7 Å². The normalized spacial score (nSPS) is 12.6. The maximum absolute atomic E-state index is 12.9. The average molecular weight is 401 g/mol. The number of hydrogen-bond acceptors (Lipinski definition) is 5. The number of imide groups is 1. The predicted octanol–water partition coefficient (Wildman–Crippen LogP) is 3.96. The zero-order chi connectivity index (χ0) is 21.4. The summed E-state index contributed by atoms with van der Waals surface area (Å²) in [6.45, 7) is 1.80. The van der Waals surface area contributed by atoms with Crippen LogP contribution in [-0.4, -0.2) is 22.6 Å². The number of hydrogen-bond donors (Lipinski definition) is 1. The van der Waals surface area contributed by atoms with Crippen molar-refractivity contribution < 1.29 is 19.3 Å². The van der Waals surface area contributed by atoms with Crippen molar-refractivity contribution in [2.24, 2.45) is 0 Å². The van der Waals surface area contributed by atoms with Gasteiger partial charge in [0.15, 0.2) is 0 Å². The Bertz CT molecular complexity index is 1230. The Hall–Kier alpha value is -4.33. The molecule has 8 heteroatoms. The van der Waals surface area contributed by atoms with Crippen LogP contribution < -0.4 is 10.2 Å². The highest BCUT2D eigenvalue weighted by atomic mass is 16.6. The molecule has 0 saturated heterocycles. The first kappa shape index (κ1) is 19.0. The van der Waals surface area contributed by atoms with Crippen LogP contribution in [0.4, 0.5) is 17.1 Å². The van der Waals surface area contributed by atoms with E-state index in [1.54, 1.807) is 31.2 Å². The molecule has 1 N–H and O–H groups in total. The van der Waals surface area contributed by atoms with Gasteiger partial charge in [-0.3, -0.25) is 24.5 Å². The number of benzene rings is 3. The molecule has 148 valence electrons. The van der Waals surface area contributed by atoms with E-state index in [-0.39, 0.29) is 28.1 Å². The zero-order valence-corrected chi connectivity index (χ0v) is 15.8. The summed E-state index contributed by atoms with van der Waals surface area (Å²) < 4.78 is 0. The Morgan fingerprint density at radius 1 is 0.933 bits per heavy atom. The van der Waals surface area contributed by atoms with Gasteiger partial charge in [0, 0.05) is 11.6 Å². The van der Waals surface area contributed by atoms with Crippen molar-refractivity contribution in [1.82, 2.24) is 0 Å². The van der Waals surface area contributed by atoms with E-state index in [1.165, 1.54) is 36.4 Å². The van der Waals surface area contributed by atoms with Crippen molar-refractivity contribution >= 4 is 34.8 Å². The number of nitro groups is 1. The third kappa shape index (κ3) is 3.10. The van der Waals surface area contributed by atoms with Crippen molar-refractivity contribution in [1.29, 1.82) is 0 Å². The number of nitro benzene ring substituents is 1. The average Bonchev–Trinajstić information content (AvgIpc) is 2.98. The third-order valence-corrected chi connectivity index (χ3v) is 4.85. The van der Waals surface area contributed by atoms with Crippen LogP contribution in [0, 0.1) is 17.0 Å². The van der Waals surface area contributed by atoms with Gasteiger partial charge in [-0.25, -0.2) is 4.90 Å². The molecule has 8 nitrogen and oxygen atoms in total. The van der Waals surface area contributed by atoms with Gasteiger partial charge in [-0.05, 0) is 42.8 Å². The van der Waals surface area contributed by atoms with Crippen LogP contribution in [0.3, 0.4) is 0 Å². The van der Waals surface area contributed by atoms with E-state index in [4.69, 9.17) is 0 Å². The van der Waals surface area contributed by atoms with Crippen LogP contribution in [0.2, 0.25) is 0 Å².